The second-order valence-electron chi connectivity index (χ2n) is 4.89. The minimum Gasteiger partial charge on any atom is -0.384 e. The summed E-state index contributed by atoms with van der Waals surface area (Å²) < 4.78 is 10.9. The van der Waals surface area contributed by atoms with Crippen LogP contribution in [0.2, 0.25) is 0 Å². The van der Waals surface area contributed by atoms with E-state index in [1.165, 1.54) is 0 Å². The zero-order chi connectivity index (χ0) is 14.0. The highest BCUT2D eigenvalue weighted by molar-refractivity contribution is 6.00. The van der Waals surface area contributed by atoms with Gasteiger partial charge in [-0.15, -0.1) is 0 Å². The second-order valence-corrected chi connectivity index (χ2v) is 4.89. The van der Waals surface area contributed by atoms with Crippen molar-refractivity contribution in [1.82, 2.24) is 0 Å². The molecule has 0 spiro atoms. The number of nitrogens with two attached hydrogens (primary N) is 1. The molecule has 2 unspecified atom stereocenters. The summed E-state index contributed by atoms with van der Waals surface area (Å²) in [4.78, 5) is 2.17. The molecule has 0 bridgehead atoms. The Balaban J connectivity index is 2.30. The zero-order valence-electron chi connectivity index (χ0n) is 11.6. The van der Waals surface area contributed by atoms with Crippen LogP contribution in [0.3, 0.4) is 0 Å². The van der Waals surface area contributed by atoms with Crippen LogP contribution in [0.25, 0.3) is 0 Å². The summed E-state index contributed by atoms with van der Waals surface area (Å²) in [5, 5.41) is 7.72. The maximum Gasteiger partial charge on any atom is 0.124 e. The molecular weight excluding hydrogens is 242 g/mol. The SMILES string of the molecule is COC1CN(c2ccc(C)cc2C(=N)N)CC1OC. The summed E-state index contributed by atoms with van der Waals surface area (Å²) >= 11 is 0. The Labute approximate surface area is 113 Å². The quantitative estimate of drug-likeness (QED) is 0.631. The molecule has 3 N–H and O–H groups in total. The average Bonchev–Trinajstić information content (AvgIpc) is 2.81. The molecule has 5 heteroatoms. The Morgan fingerprint density at radius 1 is 1.26 bits per heavy atom. The predicted molar refractivity (Wildman–Crippen MR) is 76.0 cm³/mol. The molecule has 1 aromatic rings. The van der Waals surface area contributed by atoms with Gasteiger partial charge in [-0.05, 0) is 19.1 Å². The summed E-state index contributed by atoms with van der Waals surface area (Å²) in [6.45, 7) is 3.49. The van der Waals surface area contributed by atoms with Crippen LogP contribution in [0.5, 0.6) is 0 Å². The third-order valence-electron chi connectivity index (χ3n) is 3.60. The normalized spacial score (nSPS) is 22.8. The maximum atomic E-state index is 7.72. The third kappa shape index (κ3) is 2.72. The van der Waals surface area contributed by atoms with E-state index < -0.39 is 0 Å². The number of rotatable bonds is 4. The van der Waals surface area contributed by atoms with Crippen LogP contribution in [0.1, 0.15) is 11.1 Å². The van der Waals surface area contributed by atoms with Crippen molar-refractivity contribution in [1.29, 1.82) is 5.41 Å². The first kappa shape index (κ1) is 13.8. The van der Waals surface area contributed by atoms with Crippen LogP contribution in [-0.4, -0.2) is 45.4 Å². The molecule has 1 saturated heterocycles. The van der Waals surface area contributed by atoms with Gasteiger partial charge in [0.25, 0.3) is 0 Å². The summed E-state index contributed by atoms with van der Waals surface area (Å²) in [6.07, 6.45) is 0.0947. The summed E-state index contributed by atoms with van der Waals surface area (Å²) in [5.74, 6) is 0.0912. The van der Waals surface area contributed by atoms with Crippen molar-refractivity contribution in [2.45, 2.75) is 19.1 Å². The van der Waals surface area contributed by atoms with Crippen molar-refractivity contribution in [3.05, 3.63) is 29.3 Å². The fraction of sp³-hybridized carbons (Fsp3) is 0.500. The number of benzene rings is 1. The molecule has 1 heterocycles. The number of nitrogens with one attached hydrogen (secondary N) is 1. The van der Waals surface area contributed by atoms with E-state index in [4.69, 9.17) is 20.6 Å². The van der Waals surface area contributed by atoms with Gasteiger partial charge < -0.3 is 20.1 Å². The number of nitrogens with zero attached hydrogens (tertiary/aromatic N) is 1. The first-order valence-electron chi connectivity index (χ1n) is 6.32. The smallest absolute Gasteiger partial charge is 0.124 e. The van der Waals surface area contributed by atoms with Crippen LogP contribution in [0.4, 0.5) is 5.69 Å². The first-order chi connectivity index (χ1) is 9.06. The lowest BCUT2D eigenvalue weighted by molar-refractivity contribution is -0.00461. The summed E-state index contributed by atoms with van der Waals surface area (Å²) in [6, 6.07) is 5.99. The molecule has 104 valence electrons. The van der Waals surface area contributed by atoms with E-state index in [2.05, 4.69) is 4.90 Å². The Morgan fingerprint density at radius 3 is 2.32 bits per heavy atom. The number of aryl methyl sites for hydroxylation is 1. The first-order valence-corrected chi connectivity index (χ1v) is 6.32. The summed E-state index contributed by atoms with van der Waals surface area (Å²) in [5.41, 5.74) is 8.52. The number of anilines is 1. The molecule has 5 nitrogen and oxygen atoms in total. The number of amidine groups is 1. The number of hydrogen-bond donors (Lipinski definition) is 2. The molecule has 1 aliphatic rings. The van der Waals surface area contributed by atoms with Crippen molar-refractivity contribution in [2.24, 2.45) is 5.73 Å². The highest BCUT2D eigenvalue weighted by Crippen LogP contribution is 2.27. The lowest BCUT2D eigenvalue weighted by atomic mass is 10.1. The van der Waals surface area contributed by atoms with Crippen molar-refractivity contribution < 1.29 is 9.47 Å². The Bertz CT molecular complexity index is 464. The lowest BCUT2D eigenvalue weighted by Crippen LogP contribution is -2.27. The Hall–Kier alpha value is -1.59. The molecule has 0 aliphatic carbocycles. The zero-order valence-corrected chi connectivity index (χ0v) is 11.6. The monoisotopic (exact) mass is 263 g/mol. The van der Waals surface area contributed by atoms with Gasteiger partial charge in [0.1, 0.15) is 18.0 Å². The van der Waals surface area contributed by atoms with E-state index in [9.17, 15) is 0 Å². The van der Waals surface area contributed by atoms with Crippen molar-refractivity contribution in [3.63, 3.8) is 0 Å². The molecule has 2 rings (SSSR count). The van der Waals surface area contributed by atoms with Gasteiger partial charge in [0.05, 0.1) is 0 Å². The number of ether oxygens (including phenoxy) is 2. The minimum atomic E-state index is 0.0473. The maximum absolute atomic E-state index is 7.72. The van der Waals surface area contributed by atoms with E-state index in [1.54, 1.807) is 14.2 Å². The van der Waals surface area contributed by atoms with E-state index in [0.717, 1.165) is 29.9 Å². The minimum absolute atomic E-state index is 0.0473. The molecule has 19 heavy (non-hydrogen) atoms. The molecule has 0 saturated carbocycles. The third-order valence-corrected chi connectivity index (χ3v) is 3.60. The molecule has 1 aromatic carbocycles. The largest absolute Gasteiger partial charge is 0.384 e. The number of hydrogen-bond acceptors (Lipinski definition) is 4. The van der Waals surface area contributed by atoms with E-state index in [-0.39, 0.29) is 18.0 Å². The van der Waals surface area contributed by atoms with Crippen molar-refractivity contribution in [2.75, 3.05) is 32.2 Å². The van der Waals surface area contributed by atoms with E-state index in [0.29, 0.717) is 0 Å². The second kappa shape index (κ2) is 5.59. The van der Waals surface area contributed by atoms with Gasteiger partial charge in [-0.2, -0.15) is 0 Å². The van der Waals surface area contributed by atoms with Gasteiger partial charge in [0, 0.05) is 38.6 Å². The van der Waals surface area contributed by atoms with Crippen LogP contribution in [0, 0.1) is 12.3 Å². The molecule has 1 fully saturated rings. The van der Waals surface area contributed by atoms with Gasteiger partial charge in [0.15, 0.2) is 0 Å². The lowest BCUT2D eigenvalue weighted by Gasteiger charge is -2.21. The molecule has 0 aromatic heterocycles. The van der Waals surface area contributed by atoms with Crippen LogP contribution in [0.15, 0.2) is 18.2 Å². The van der Waals surface area contributed by atoms with Crippen LogP contribution in [-0.2, 0) is 9.47 Å². The van der Waals surface area contributed by atoms with Gasteiger partial charge >= 0.3 is 0 Å². The molecule has 0 radical (unpaired) electrons. The predicted octanol–water partition coefficient (Wildman–Crippen LogP) is 1.13. The number of methoxy groups -OCH3 is 2. The van der Waals surface area contributed by atoms with Crippen LogP contribution >= 0.6 is 0 Å². The highest BCUT2D eigenvalue weighted by Gasteiger charge is 2.34. The van der Waals surface area contributed by atoms with Crippen molar-refractivity contribution in [3.8, 4) is 0 Å². The Morgan fingerprint density at radius 2 is 1.84 bits per heavy atom. The van der Waals surface area contributed by atoms with Gasteiger partial charge in [-0.1, -0.05) is 11.6 Å². The van der Waals surface area contributed by atoms with Gasteiger partial charge in [-0.3, -0.25) is 5.41 Å². The van der Waals surface area contributed by atoms with Gasteiger partial charge in [-0.25, -0.2) is 0 Å². The molecular formula is C14H21N3O2. The number of nitrogen functional groups attached to an aromatic ring is 1. The molecule has 2 atom stereocenters. The fourth-order valence-electron chi connectivity index (χ4n) is 2.53. The molecule has 1 aliphatic heterocycles. The van der Waals surface area contributed by atoms with Crippen LogP contribution < -0.4 is 10.6 Å². The van der Waals surface area contributed by atoms with Crippen molar-refractivity contribution >= 4 is 11.5 Å². The van der Waals surface area contributed by atoms with E-state index >= 15 is 0 Å². The summed E-state index contributed by atoms with van der Waals surface area (Å²) in [7, 11) is 3.39. The fourth-order valence-corrected chi connectivity index (χ4v) is 2.53. The van der Waals surface area contributed by atoms with E-state index in [1.807, 2.05) is 25.1 Å². The van der Waals surface area contributed by atoms with Gasteiger partial charge in [0.2, 0.25) is 0 Å². The topological polar surface area (TPSA) is 71.6 Å². The average molecular weight is 263 g/mol. The Kier molecular flexibility index (Phi) is 4.07. The highest BCUT2D eigenvalue weighted by atomic mass is 16.5. The molecule has 0 amide bonds. The standard InChI is InChI=1S/C14H21N3O2/c1-9-4-5-11(10(6-9)14(15)16)17-7-12(18-2)13(8-17)19-3/h4-6,12-13H,7-8H2,1-3H3,(H3,15,16).